The van der Waals surface area contributed by atoms with Crippen LogP contribution >= 0.6 is 0 Å². The molecule has 0 aromatic rings. The Labute approximate surface area is 118 Å². The number of primary amides is 1. The molecule has 0 unspecified atom stereocenters. The van der Waals surface area contributed by atoms with Gasteiger partial charge in [-0.05, 0) is 44.6 Å². The summed E-state index contributed by atoms with van der Waals surface area (Å²) in [7, 11) is 0. The number of aliphatic carboxylic acids is 1. The zero-order chi connectivity index (χ0) is 15.1. The first-order valence-corrected chi connectivity index (χ1v) is 6.95. The first-order chi connectivity index (χ1) is 9.43. The maximum Gasteiger partial charge on any atom is 0.326 e. The van der Waals surface area contributed by atoms with Gasteiger partial charge in [0.2, 0.25) is 11.8 Å². The zero-order valence-corrected chi connectivity index (χ0v) is 11.5. The van der Waals surface area contributed by atoms with Gasteiger partial charge in [0, 0.05) is 12.3 Å². The van der Waals surface area contributed by atoms with Crippen molar-refractivity contribution in [2.75, 3.05) is 6.54 Å². The summed E-state index contributed by atoms with van der Waals surface area (Å²) < 4.78 is 0. The fraction of sp³-hybridized carbons (Fsp3) is 0.769. The second kappa shape index (κ2) is 7.84. The molecule has 1 fully saturated rings. The summed E-state index contributed by atoms with van der Waals surface area (Å²) in [6, 6.07) is -1.05. The highest BCUT2D eigenvalue weighted by molar-refractivity contribution is 5.85. The molecular weight excluding hydrogens is 262 g/mol. The molecule has 1 saturated carbocycles. The maximum absolute atomic E-state index is 12.0. The number of carboxylic acids is 1. The lowest BCUT2D eigenvalue weighted by atomic mass is 9.81. The Kier molecular flexibility index (Phi) is 6.44. The van der Waals surface area contributed by atoms with Crippen LogP contribution in [-0.2, 0) is 14.4 Å². The van der Waals surface area contributed by atoms with Crippen molar-refractivity contribution in [3.05, 3.63) is 0 Å². The van der Waals surface area contributed by atoms with Gasteiger partial charge in [-0.25, -0.2) is 4.79 Å². The molecular formula is C13H23N3O4. The van der Waals surface area contributed by atoms with Crippen molar-refractivity contribution in [2.45, 2.75) is 44.6 Å². The zero-order valence-electron chi connectivity index (χ0n) is 11.5. The lowest BCUT2D eigenvalue weighted by Gasteiger charge is -2.27. The predicted molar refractivity (Wildman–Crippen MR) is 72.5 cm³/mol. The van der Waals surface area contributed by atoms with Gasteiger partial charge in [-0.3, -0.25) is 9.59 Å². The van der Waals surface area contributed by atoms with Crippen LogP contribution in [0.25, 0.3) is 0 Å². The second-order valence-corrected chi connectivity index (χ2v) is 5.36. The minimum atomic E-state index is -1.14. The number of rotatable bonds is 7. The Hall–Kier alpha value is -1.63. The Bertz CT molecular complexity index is 365. The summed E-state index contributed by atoms with van der Waals surface area (Å²) in [5.74, 6) is -1.67. The van der Waals surface area contributed by atoms with Crippen LogP contribution in [0.4, 0.5) is 0 Å². The molecule has 1 atom stereocenters. The molecule has 2 amide bonds. The Morgan fingerprint density at radius 2 is 1.80 bits per heavy atom. The van der Waals surface area contributed by atoms with Crippen molar-refractivity contribution in [3.63, 3.8) is 0 Å². The molecule has 0 radical (unpaired) electrons. The first kappa shape index (κ1) is 16.4. The minimum Gasteiger partial charge on any atom is -0.480 e. The van der Waals surface area contributed by atoms with Crippen LogP contribution < -0.4 is 16.8 Å². The number of carboxylic acid groups (broad SMARTS) is 1. The normalized spacial score (nSPS) is 23.9. The highest BCUT2D eigenvalue weighted by Gasteiger charge is 2.28. The van der Waals surface area contributed by atoms with E-state index in [0.717, 1.165) is 25.7 Å². The average Bonchev–Trinajstić information content (AvgIpc) is 2.42. The molecule has 114 valence electrons. The molecule has 1 aliphatic rings. The van der Waals surface area contributed by atoms with Crippen LogP contribution in [0.15, 0.2) is 0 Å². The van der Waals surface area contributed by atoms with E-state index in [1.807, 2.05) is 0 Å². The number of nitrogens with one attached hydrogen (secondary N) is 1. The molecule has 1 rings (SSSR count). The van der Waals surface area contributed by atoms with Crippen molar-refractivity contribution < 1.29 is 19.5 Å². The molecule has 0 aromatic heterocycles. The molecule has 7 nitrogen and oxygen atoms in total. The molecule has 0 heterocycles. The van der Waals surface area contributed by atoms with E-state index < -0.39 is 17.9 Å². The van der Waals surface area contributed by atoms with Crippen molar-refractivity contribution in [2.24, 2.45) is 23.3 Å². The number of carbonyl (C=O) groups excluding carboxylic acids is 2. The van der Waals surface area contributed by atoms with Gasteiger partial charge < -0.3 is 21.9 Å². The summed E-state index contributed by atoms with van der Waals surface area (Å²) in [4.78, 5) is 33.8. The highest BCUT2D eigenvalue weighted by Crippen LogP contribution is 2.28. The van der Waals surface area contributed by atoms with E-state index in [1.54, 1.807) is 0 Å². The van der Waals surface area contributed by atoms with E-state index in [-0.39, 0.29) is 24.7 Å². The highest BCUT2D eigenvalue weighted by atomic mass is 16.4. The van der Waals surface area contributed by atoms with Crippen LogP contribution in [0.1, 0.15) is 38.5 Å². The largest absolute Gasteiger partial charge is 0.480 e. The fourth-order valence-corrected chi connectivity index (χ4v) is 2.49. The van der Waals surface area contributed by atoms with E-state index >= 15 is 0 Å². The van der Waals surface area contributed by atoms with Gasteiger partial charge >= 0.3 is 5.97 Å². The van der Waals surface area contributed by atoms with Crippen molar-refractivity contribution in [3.8, 4) is 0 Å². The van der Waals surface area contributed by atoms with Crippen LogP contribution in [0.2, 0.25) is 0 Å². The van der Waals surface area contributed by atoms with Crippen LogP contribution in [0.3, 0.4) is 0 Å². The average molecular weight is 285 g/mol. The molecule has 1 aliphatic carbocycles. The van der Waals surface area contributed by atoms with Gasteiger partial charge in [0.25, 0.3) is 0 Å². The third-order valence-corrected chi connectivity index (χ3v) is 3.84. The lowest BCUT2D eigenvalue weighted by Crippen LogP contribution is -2.45. The minimum absolute atomic E-state index is 0.0224. The van der Waals surface area contributed by atoms with Gasteiger partial charge in [0.05, 0.1) is 0 Å². The van der Waals surface area contributed by atoms with E-state index in [0.29, 0.717) is 12.5 Å². The van der Waals surface area contributed by atoms with Crippen LogP contribution in [0.5, 0.6) is 0 Å². The van der Waals surface area contributed by atoms with Crippen LogP contribution in [-0.4, -0.2) is 35.5 Å². The maximum atomic E-state index is 12.0. The van der Waals surface area contributed by atoms with Crippen molar-refractivity contribution in [1.82, 2.24) is 5.32 Å². The quantitative estimate of drug-likeness (QED) is 0.504. The molecule has 20 heavy (non-hydrogen) atoms. The summed E-state index contributed by atoms with van der Waals surface area (Å²) in [6.07, 6.45) is 3.22. The Morgan fingerprint density at radius 1 is 1.20 bits per heavy atom. The van der Waals surface area contributed by atoms with E-state index in [1.165, 1.54) is 0 Å². The third-order valence-electron chi connectivity index (χ3n) is 3.84. The lowest BCUT2D eigenvalue weighted by molar-refractivity contribution is -0.143. The summed E-state index contributed by atoms with van der Waals surface area (Å²) in [5, 5.41) is 11.5. The molecule has 0 aromatic carbocycles. The molecule has 0 aliphatic heterocycles. The molecule has 7 heteroatoms. The fourth-order valence-electron chi connectivity index (χ4n) is 2.49. The number of hydrogen-bond donors (Lipinski definition) is 4. The summed E-state index contributed by atoms with van der Waals surface area (Å²) >= 11 is 0. The van der Waals surface area contributed by atoms with E-state index in [2.05, 4.69) is 5.32 Å². The van der Waals surface area contributed by atoms with Gasteiger partial charge in [-0.2, -0.15) is 0 Å². The first-order valence-electron chi connectivity index (χ1n) is 6.95. The van der Waals surface area contributed by atoms with Gasteiger partial charge in [-0.15, -0.1) is 0 Å². The van der Waals surface area contributed by atoms with E-state index in [9.17, 15) is 14.4 Å². The Balaban J connectivity index is 2.45. The van der Waals surface area contributed by atoms with Crippen LogP contribution in [0, 0.1) is 11.8 Å². The Morgan fingerprint density at radius 3 is 2.25 bits per heavy atom. The number of nitrogens with two attached hydrogens (primary N) is 2. The topological polar surface area (TPSA) is 136 Å². The molecule has 0 saturated heterocycles. The number of amides is 2. The standard InChI is InChI=1S/C13H23N3O4/c14-7-8-1-3-9(4-2-8)12(18)16-10(13(19)20)5-6-11(15)17/h8-10H,1-7,14H2,(H2,15,17)(H,16,18)(H,19,20)/t8?,9?,10-/m0/s1. The smallest absolute Gasteiger partial charge is 0.326 e. The SMILES string of the molecule is NCC1CCC(C(=O)N[C@@H](CCC(N)=O)C(=O)O)CC1. The van der Waals surface area contributed by atoms with Crippen molar-refractivity contribution in [1.29, 1.82) is 0 Å². The monoisotopic (exact) mass is 285 g/mol. The van der Waals surface area contributed by atoms with E-state index in [4.69, 9.17) is 16.6 Å². The van der Waals surface area contributed by atoms with Crippen molar-refractivity contribution >= 4 is 17.8 Å². The summed E-state index contributed by atoms with van der Waals surface area (Å²) in [5.41, 5.74) is 10.6. The summed E-state index contributed by atoms with van der Waals surface area (Å²) in [6.45, 7) is 0.630. The third kappa shape index (κ3) is 5.16. The second-order valence-electron chi connectivity index (χ2n) is 5.36. The molecule has 0 bridgehead atoms. The van der Waals surface area contributed by atoms with Gasteiger partial charge in [0.1, 0.15) is 6.04 Å². The predicted octanol–water partition coefficient (Wildman–Crippen LogP) is -0.414. The molecule has 0 spiro atoms. The molecule has 6 N–H and O–H groups in total. The van der Waals surface area contributed by atoms with Gasteiger partial charge in [-0.1, -0.05) is 0 Å². The number of hydrogen-bond acceptors (Lipinski definition) is 4. The van der Waals surface area contributed by atoms with Gasteiger partial charge in [0.15, 0.2) is 0 Å². The number of carbonyl (C=O) groups is 3.